The van der Waals surface area contributed by atoms with Crippen LogP contribution in [0.2, 0.25) is 0 Å². The number of nitrogens with zero attached hydrogens (tertiary/aromatic N) is 2. The Bertz CT molecular complexity index is 773. The summed E-state index contributed by atoms with van der Waals surface area (Å²) in [7, 11) is 0. The lowest BCUT2D eigenvalue weighted by Gasteiger charge is -2.43. The van der Waals surface area contributed by atoms with Crippen LogP contribution in [0.25, 0.3) is 5.57 Å². The first-order valence-electron chi connectivity index (χ1n) is 9.64. The van der Waals surface area contributed by atoms with Crippen molar-refractivity contribution in [2.24, 2.45) is 0 Å². The number of aliphatic carboxylic acids is 1. The Labute approximate surface area is 163 Å². The predicted molar refractivity (Wildman–Crippen MR) is 116 cm³/mol. The molecule has 1 aromatic carbocycles. The van der Waals surface area contributed by atoms with E-state index in [1.54, 1.807) is 6.92 Å². The molecule has 4 nitrogen and oxygen atoms in total. The number of fused-ring (bicyclic) bond motifs is 1. The van der Waals surface area contributed by atoms with Crippen molar-refractivity contribution < 1.29 is 9.90 Å². The minimum atomic E-state index is -0.920. The summed E-state index contributed by atoms with van der Waals surface area (Å²) in [6.07, 6.45) is 6.96. The predicted octanol–water partition coefficient (Wildman–Crippen LogP) is 5.12. The van der Waals surface area contributed by atoms with Crippen LogP contribution < -0.4 is 9.80 Å². The zero-order chi connectivity index (χ0) is 20.1. The van der Waals surface area contributed by atoms with E-state index in [-0.39, 0.29) is 0 Å². The van der Waals surface area contributed by atoms with E-state index in [9.17, 15) is 4.79 Å². The average molecular weight is 369 g/mol. The first-order chi connectivity index (χ1) is 12.7. The lowest BCUT2D eigenvalue weighted by atomic mass is 10.0. The number of hydrogen-bond donors (Lipinski definition) is 1. The van der Waals surface area contributed by atoms with Gasteiger partial charge in [0.15, 0.2) is 0 Å². The molecule has 0 unspecified atom stereocenters. The molecule has 146 valence electrons. The smallest absolute Gasteiger partial charge is 0.328 e. The van der Waals surface area contributed by atoms with Crippen molar-refractivity contribution in [1.29, 1.82) is 0 Å². The second kappa shape index (κ2) is 8.94. The number of hydrogen-bond acceptors (Lipinski definition) is 3. The lowest BCUT2D eigenvalue weighted by molar-refractivity contribution is -0.131. The first-order valence-corrected chi connectivity index (χ1v) is 9.64. The molecule has 0 spiro atoms. The fraction of sp³-hybridized carbons (Fsp3) is 0.435. The second-order valence-electron chi connectivity index (χ2n) is 7.71. The highest BCUT2D eigenvalue weighted by Gasteiger charge is 2.25. The number of benzene rings is 1. The molecule has 27 heavy (non-hydrogen) atoms. The van der Waals surface area contributed by atoms with Gasteiger partial charge < -0.3 is 14.9 Å². The third kappa shape index (κ3) is 5.25. The molecule has 0 aliphatic carbocycles. The van der Waals surface area contributed by atoms with Crippen LogP contribution >= 0.6 is 0 Å². The maximum atomic E-state index is 10.7. The van der Waals surface area contributed by atoms with Crippen LogP contribution in [-0.2, 0) is 4.79 Å². The number of carbonyl (C=O) groups is 1. The molecule has 2 rings (SSSR count). The fourth-order valence-corrected chi connectivity index (χ4v) is 3.45. The largest absolute Gasteiger partial charge is 0.478 e. The van der Waals surface area contributed by atoms with Gasteiger partial charge in [-0.15, -0.1) is 0 Å². The summed E-state index contributed by atoms with van der Waals surface area (Å²) in [5.41, 5.74) is 5.66. The van der Waals surface area contributed by atoms with Gasteiger partial charge in [0.2, 0.25) is 0 Å². The van der Waals surface area contributed by atoms with Crippen LogP contribution in [0.5, 0.6) is 0 Å². The van der Waals surface area contributed by atoms with E-state index in [0.717, 1.165) is 24.2 Å². The van der Waals surface area contributed by atoms with Gasteiger partial charge in [-0.3, -0.25) is 0 Å². The Balaban J connectivity index is 2.34. The maximum absolute atomic E-state index is 10.7. The van der Waals surface area contributed by atoms with Crippen molar-refractivity contribution in [3.8, 4) is 0 Å². The summed E-state index contributed by atoms with van der Waals surface area (Å²) < 4.78 is 0. The maximum Gasteiger partial charge on any atom is 0.328 e. The third-order valence-corrected chi connectivity index (χ3v) is 4.93. The molecule has 1 aliphatic heterocycles. The molecule has 1 aliphatic rings. The summed E-state index contributed by atoms with van der Waals surface area (Å²) in [5, 5.41) is 8.78. The number of allylic oxidation sites excluding steroid dienone is 5. The van der Waals surface area contributed by atoms with Crippen LogP contribution in [0.15, 0.2) is 48.1 Å². The monoisotopic (exact) mass is 368 g/mol. The van der Waals surface area contributed by atoms with Crippen LogP contribution in [0, 0.1) is 0 Å². The molecule has 0 bridgehead atoms. The topological polar surface area (TPSA) is 43.8 Å². The Morgan fingerprint density at radius 1 is 1.04 bits per heavy atom. The van der Waals surface area contributed by atoms with Crippen LogP contribution in [0.3, 0.4) is 0 Å². The zero-order valence-electron chi connectivity index (χ0n) is 17.4. The number of rotatable bonds is 6. The summed E-state index contributed by atoms with van der Waals surface area (Å²) >= 11 is 0. The number of carboxylic acid groups (broad SMARTS) is 1. The summed E-state index contributed by atoms with van der Waals surface area (Å²) in [6, 6.07) is 7.63. The lowest BCUT2D eigenvalue weighted by Crippen LogP contribution is -2.46. The molecular formula is C23H32N2O2. The molecule has 0 radical (unpaired) electrons. The van der Waals surface area contributed by atoms with Gasteiger partial charge in [0.1, 0.15) is 0 Å². The van der Waals surface area contributed by atoms with E-state index in [2.05, 4.69) is 62.6 Å². The summed E-state index contributed by atoms with van der Waals surface area (Å²) in [6.45, 7) is 14.9. The Morgan fingerprint density at radius 3 is 2.19 bits per heavy atom. The van der Waals surface area contributed by atoms with E-state index in [0.29, 0.717) is 12.1 Å². The molecule has 4 heteroatoms. The molecule has 0 amide bonds. The molecule has 1 aromatic rings. The fourth-order valence-electron chi connectivity index (χ4n) is 3.45. The van der Waals surface area contributed by atoms with Gasteiger partial charge in [-0.1, -0.05) is 24.3 Å². The molecule has 1 heterocycles. The van der Waals surface area contributed by atoms with Gasteiger partial charge in [0.25, 0.3) is 0 Å². The molecule has 1 N–H and O–H groups in total. The Morgan fingerprint density at radius 2 is 1.63 bits per heavy atom. The molecule has 0 saturated heterocycles. The third-order valence-electron chi connectivity index (χ3n) is 4.93. The van der Waals surface area contributed by atoms with Crippen LogP contribution in [-0.4, -0.2) is 36.2 Å². The average Bonchev–Trinajstić information content (AvgIpc) is 2.59. The standard InChI is InChI=1S/C23H32N2O2/c1-16(2)24-12-13-25(17(3)4)22-15-20(10-11-21(22)24)19(6)9-7-8-18(5)14-23(26)27/h7-11,14-17H,12-13H2,1-6H3,(H,26,27)/b8-7+,18-14+,19-9+. The van der Waals surface area contributed by atoms with Crippen molar-refractivity contribution in [3.05, 3.63) is 53.6 Å². The van der Waals surface area contributed by atoms with Gasteiger partial charge in [-0.25, -0.2) is 4.79 Å². The van der Waals surface area contributed by atoms with E-state index in [1.807, 2.05) is 18.2 Å². The van der Waals surface area contributed by atoms with E-state index in [4.69, 9.17) is 5.11 Å². The minimum Gasteiger partial charge on any atom is -0.478 e. The quantitative estimate of drug-likeness (QED) is 0.559. The SMILES string of the molecule is CC(/C=C/C=C(\C)c1ccc2c(c1)N(C(C)C)CCN2C(C)C)=C\C(=O)O. The van der Waals surface area contributed by atoms with Crippen molar-refractivity contribution >= 4 is 22.9 Å². The second-order valence-corrected chi connectivity index (χ2v) is 7.71. The number of carboxylic acids is 1. The van der Waals surface area contributed by atoms with Gasteiger partial charge in [-0.2, -0.15) is 0 Å². The van der Waals surface area contributed by atoms with Gasteiger partial charge in [-0.05, 0) is 70.4 Å². The minimum absolute atomic E-state index is 0.460. The van der Waals surface area contributed by atoms with Crippen molar-refractivity contribution in [2.45, 2.75) is 53.6 Å². The molecule has 0 saturated carbocycles. The van der Waals surface area contributed by atoms with E-state index in [1.165, 1.54) is 23.0 Å². The first kappa shape index (κ1) is 20.8. The van der Waals surface area contributed by atoms with Crippen molar-refractivity contribution in [2.75, 3.05) is 22.9 Å². The molecule has 0 aromatic heterocycles. The number of anilines is 2. The highest BCUT2D eigenvalue weighted by Crippen LogP contribution is 2.37. The van der Waals surface area contributed by atoms with Crippen molar-refractivity contribution in [1.82, 2.24) is 0 Å². The Kier molecular flexibility index (Phi) is 6.89. The highest BCUT2D eigenvalue weighted by molar-refractivity contribution is 5.81. The molecular weight excluding hydrogens is 336 g/mol. The Hall–Kier alpha value is -2.49. The zero-order valence-corrected chi connectivity index (χ0v) is 17.4. The molecule has 0 fully saturated rings. The molecule has 0 atom stereocenters. The van der Waals surface area contributed by atoms with E-state index >= 15 is 0 Å². The summed E-state index contributed by atoms with van der Waals surface area (Å²) in [5.74, 6) is -0.920. The van der Waals surface area contributed by atoms with Crippen molar-refractivity contribution in [3.63, 3.8) is 0 Å². The summed E-state index contributed by atoms with van der Waals surface area (Å²) in [4.78, 5) is 15.6. The normalized spacial score (nSPS) is 15.9. The van der Waals surface area contributed by atoms with Gasteiger partial charge >= 0.3 is 5.97 Å². The van der Waals surface area contributed by atoms with E-state index < -0.39 is 5.97 Å². The van der Waals surface area contributed by atoms with Gasteiger partial charge in [0, 0.05) is 31.2 Å². The highest BCUT2D eigenvalue weighted by atomic mass is 16.4. The van der Waals surface area contributed by atoms with Crippen LogP contribution in [0.1, 0.15) is 47.1 Å². The van der Waals surface area contributed by atoms with Crippen LogP contribution in [0.4, 0.5) is 11.4 Å². The van der Waals surface area contributed by atoms with Gasteiger partial charge in [0.05, 0.1) is 11.4 Å².